The fourth-order valence-corrected chi connectivity index (χ4v) is 4.47. The van der Waals surface area contributed by atoms with Crippen LogP contribution in [0.3, 0.4) is 0 Å². The van der Waals surface area contributed by atoms with Gasteiger partial charge in [0.25, 0.3) is 5.91 Å². The minimum Gasteiger partial charge on any atom is -0.330 e. The van der Waals surface area contributed by atoms with E-state index in [4.69, 9.17) is 10.7 Å². The lowest BCUT2D eigenvalue weighted by molar-refractivity contribution is 0.0479. The van der Waals surface area contributed by atoms with Crippen molar-refractivity contribution in [3.63, 3.8) is 0 Å². The summed E-state index contributed by atoms with van der Waals surface area (Å²) in [4.78, 5) is 24.4. The number of carbonyl (C=O) groups excluding carboxylic acids is 1. The molecule has 38 heavy (non-hydrogen) atoms. The van der Waals surface area contributed by atoms with E-state index in [2.05, 4.69) is 10.1 Å². The van der Waals surface area contributed by atoms with Gasteiger partial charge < -0.3 is 10.6 Å². The van der Waals surface area contributed by atoms with Gasteiger partial charge in [-0.1, -0.05) is 51.1 Å². The first-order valence-corrected chi connectivity index (χ1v) is 12.5. The lowest BCUT2D eigenvalue weighted by Crippen LogP contribution is -2.43. The van der Waals surface area contributed by atoms with Crippen molar-refractivity contribution in [2.75, 3.05) is 13.1 Å². The maximum absolute atomic E-state index is 14.8. The second-order valence-electron chi connectivity index (χ2n) is 10.2. The Hall–Kier alpha value is -3.98. The smallest absolute Gasteiger partial charge is 0.256 e. The van der Waals surface area contributed by atoms with Gasteiger partial charge in [0.1, 0.15) is 11.6 Å². The van der Waals surface area contributed by atoms with Crippen molar-refractivity contribution < 1.29 is 13.6 Å². The Labute approximate surface area is 221 Å². The van der Waals surface area contributed by atoms with Crippen molar-refractivity contribution in [3.05, 3.63) is 102 Å². The first kappa shape index (κ1) is 27.1. The van der Waals surface area contributed by atoms with Gasteiger partial charge in [0, 0.05) is 18.9 Å². The number of rotatable bonds is 9. The number of benzene rings is 2. The molecule has 0 radical (unpaired) electrons. The van der Waals surface area contributed by atoms with Crippen LogP contribution < -0.4 is 5.73 Å². The Kier molecular flexibility index (Phi) is 8.26. The Balaban J connectivity index is 1.90. The van der Waals surface area contributed by atoms with Gasteiger partial charge in [-0.15, -0.1) is 0 Å². The monoisotopic (exact) mass is 518 g/mol. The molecule has 2 aromatic carbocycles. The molecule has 4 rings (SSSR count). The normalized spacial score (nSPS) is 12.4. The Morgan fingerprint density at radius 2 is 1.84 bits per heavy atom. The molecule has 198 valence electrons. The van der Waals surface area contributed by atoms with Crippen LogP contribution in [0, 0.1) is 17.0 Å². The molecule has 0 saturated heterocycles. The molecule has 0 aliphatic carbocycles. The predicted octanol–water partition coefficient (Wildman–Crippen LogP) is 5.25. The number of nitrogens with zero attached hydrogens (tertiary/aromatic N) is 5. The molecule has 2 aromatic heterocycles. The van der Waals surface area contributed by atoms with Crippen LogP contribution in [0.5, 0.6) is 0 Å². The molecule has 0 aliphatic rings. The molecular formula is C29H32F2N6O. The fourth-order valence-electron chi connectivity index (χ4n) is 4.47. The Morgan fingerprint density at radius 3 is 2.50 bits per heavy atom. The molecule has 0 spiro atoms. The minimum absolute atomic E-state index is 0.0437. The standard InChI is InChI=1S/C29H32F2N6O/c1-29(2,3)25(36(16-8-14-32)28(38)21-11-7-15-33-18-21)27-34-26(23-17-22(30)12-13-24(23)31)35-37(27)19-20-9-5-4-6-10-20/h4-7,9-13,15,17-18,25H,8,14,16,19,32H2,1-3H3. The van der Waals surface area contributed by atoms with Crippen LogP contribution >= 0.6 is 0 Å². The highest BCUT2D eigenvalue weighted by atomic mass is 19.1. The average Bonchev–Trinajstić information content (AvgIpc) is 3.30. The van der Waals surface area contributed by atoms with Crippen LogP contribution in [-0.4, -0.2) is 43.6 Å². The number of hydrogen-bond donors (Lipinski definition) is 1. The summed E-state index contributed by atoms with van der Waals surface area (Å²) in [5.41, 5.74) is 6.68. The molecule has 7 nitrogen and oxygen atoms in total. The zero-order valence-electron chi connectivity index (χ0n) is 21.8. The maximum atomic E-state index is 14.8. The van der Waals surface area contributed by atoms with Gasteiger partial charge in [-0.25, -0.2) is 18.4 Å². The van der Waals surface area contributed by atoms with Gasteiger partial charge in [0.2, 0.25) is 0 Å². The average molecular weight is 519 g/mol. The predicted molar refractivity (Wildman–Crippen MR) is 142 cm³/mol. The summed E-state index contributed by atoms with van der Waals surface area (Å²) in [6.07, 6.45) is 3.70. The third kappa shape index (κ3) is 6.11. The molecule has 1 unspecified atom stereocenters. The first-order chi connectivity index (χ1) is 18.2. The molecule has 1 atom stereocenters. The molecule has 0 fully saturated rings. The van der Waals surface area contributed by atoms with Crippen molar-refractivity contribution in [2.45, 2.75) is 39.8 Å². The van der Waals surface area contributed by atoms with E-state index in [-0.39, 0.29) is 17.3 Å². The largest absolute Gasteiger partial charge is 0.330 e. The van der Waals surface area contributed by atoms with E-state index in [1.165, 1.54) is 6.20 Å². The molecular weight excluding hydrogens is 486 g/mol. The molecule has 1 amide bonds. The zero-order chi connectivity index (χ0) is 27.3. The second kappa shape index (κ2) is 11.6. The van der Waals surface area contributed by atoms with Gasteiger partial charge in [-0.05, 0) is 54.3 Å². The summed E-state index contributed by atoms with van der Waals surface area (Å²) in [6.45, 7) is 7.12. The summed E-state index contributed by atoms with van der Waals surface area (Å²) in [6, 6.07) is 15.7. The van der Waals surface area contributed by atoms with Crippen molar-refractivity contribution in [1.29, 1.82) is 0 Å². The molecule has 2 N–H and O–H groups in total. The Bertz CT molecular complexity index is 1370. The van der Waals surface area contributed by atoms with E-state index in [9.17, 15) is 13.6 Å². The lowest BCUT2D eigenvalue weighted by Gasteiger charge is -2.39. The minimum atomic E-state index is -0.631. The molecule has 0 aliphatic heterocycles. The fraction of sp³-hybridized carbons (Fsp3) is 0.310. The zero-order valence-corrected chi connectivity index (χ0v) is 21.8. The summed E-state index contributed by atoms with van der Waals surface area (Å²) in [5.74, 6) is -0.928. The van der Waals surface area contributed by atoms with Gasteiger partial charge in [-0.3, -0.25) is 9.78 Å². The van der Waals surface area contributed by atoms with Crippen LogP contribution in [-0.2, 0) is 6.54 Å². The van der Waals surface area contributed by atoms with Crippen LogP contribution in [0.4, 0.5) is 8.78 Å². The van der Waals surface area contributed by atoms with Crippen LogP contribution in [0.2, 0.25) is 0 Å². The van der Waals surface area contributed by atoms with E-state index in [0.29, 0.717) is 37.4 Å². The van der Waals surface area contributed by atoms with E-state index >= 15 is 0 Å². The Morgan fingerprint density at radius 1 is 1.08 bits per heavy atom. The van der Waals surface area contributed by atoms with Gasteiger partial charge in [0.05, 0.1) is 23.7 Å². The molecule has 0 saturated carbocycles. The molecule has 2 heterocycles. The van der Waals surface area contributed by atoms with E-state index in [1.807, 2.05) is 51.1 Å². The second-order valence-corrected chi connectivity index (χ2v) is 10.2. The van der Waals surface area contributed by atoms with Crippen molar-refractivity contribution in [2.24, 2.45) is 11.1 Å². The number of aromatic nitrogens is 4. The number of hydrogen-bond acceptors (Lipinski definition) is 5. The topological polar surface area (TPSA) is 89.9 Å². The highest BCUT2D eigenvalue weighted by molar-refractivity contribution is 5.94. The quantitative estimate of drug-likeness (QED) is 0.327. The lowest BCUT2D eigenvalue weighted by atomic mass is 9.84. The van der Waals surface area contributed by atoms with E-state index in [1.54, 1.807) is 27.9 Å². The SMILES string of the molecule is CC(C)(C)C(c1nc(-c2cc(F)ccc2F)nn1Cc1ccccc1)N(CCCN)C(=O)c1cccnc1. The van der Waals surface area contributed by atoms with Gasteiger partial charge >= 0.3 is 0 Å². The van der Waals surface area contributed by atoms with Crippen LogP contribution in [0.25, 0.3) is 11.4 Å². The summed E-state index contributed by atoms with van der Waals surface area (Å²) >= 11 is 0. The number of nitrogens with two attached hydrogens (primary N) is 1. The van der Waals surface area contributed by atoms with Crippen molar-refractivity contribution in [3.8, 4) is 11.4 Å². The highest BCUT2D eigenvalue weighted by Gasteiger charge is 2.39. The van der Waals surface area contributed by atoms with Crippen molar-refractivity contribution >= 4 is 5.91 Å². The van der Waals surface area contributed by atoms with Crippen LogP contribution in [0.1, 0.15) is 55.0 Å². The summed E-state index contributed by atoms with van der Waals surface area (Å²) < 4.78 is 30.6. The number of halogens is 2. The van der Waals surface area contributed by atoms with Gasteiger partial charge in [0.15, 0.2) is 11.6 Å². The maximum Gasteiger partial charge on any atom is 0.256 e. The molecule has 0 bridgehead atoms. The first-order valence-electron chi connectivity index (χ1n) is 12.5. The number of pyridine rings is 1. The van der Waals surface area contributed by atoms with Crippen LogP contribution in [0.15, 0.2) is 73.1 Å². The van der Waals surface area contributed by atoms with Crippen molar-refractivity contribution in [1.82, 2.24) is 24.6 Å². The number of amides is 1. The molecule has 9 heteroatoms. The summed E-state index contributed by atoms with van der Waals surface area (Å²) in [7, 11) is 0. The summed E-state index contributed by atoms with van der Waals surface area (Å²) in [5, 5.41) is 4.63. The van der Waals surface area contributed by atoms with Gasteiger partial charge in [-0.2, -0.15) is 5.10 Å². The third-order valence-corrected chi connectivity index (χ3v) is 6.19. The van der Waals surface area contributed by atoms with E-state index < -0.39 is 23.1 Å². The third-order valence-electron chi connectivity index (χ3n) is 6.19. The number of carbonyl (C=O) groups is 1. The highest BCUT2D eigenvalue weighted by Crippen LogP contribution is 2.39. The molecule has 4 aromatic rings. The van der Waals surface area contributed by atoms with E-state index in [0.717, 1.165) is 23.8 Å².